The highest BCUT2D eigenvalue weighted by Gasteiger charge is 2.15. The zero-order valence-corrected chi connectivity index (χ0v) is 14.3. The van der Waals surface area contributed by atoms with Crippen LogP contribution in [0, 0.1) is 0 Å². The van der Waals surface area contributed by atoms with Crippen molar-refractivity contribution in [2.75, 3.05) is 19.6 Å². The number of nitrogens with one attached hydrogen (secondary N) is 1. The summed E-state index contributed by atoms with van der Waals surface area (Å²) in [6.45, 7) is 6.01. The molecule has 7 heteroatoms. The summed E-state index contributed by atoms with van der Waals surface area (Å²) in [5, 5.41) is 10.9. The smallest absolute Gasteiger partial charge is 0.248 e. The zero-order valence-electron chi connectivity index (χ0n) is 12.7. The van der Waals surface area contributed by atoms with E-state index in [1.54, 1.807) is 0 Å². The second-order valence-corrected chi connectivity index (χ2v) is 5.59. The number of carbonyl (C=O) groups excluding carboxylic acids is 1. The summed E-state index contributed by atoms with van der Waals surface area (Å²) in [4.78, 5) is 13.6. The number of likely N-dealkylation sites (N-methyl/N-ethyl adjacent to an activating group) is 2. The molecule has 2 aromatic rings. The third kappa shape index (κ3) is 4.38. The molecule has 1 N–H and O–H groups in total. The highest BCUT2D eigenvalue weighted by Crippen LogP contribution is 2.26. The lowest BCUT2D eigenvalue weighted by Gasteiger charge is -2.17. The lowest BCUT2D eigenvalue weighted by Crippen LogP contribution is -2.36. The molecule has 6 nitrogen and oxygen atoms in total. The van der Waals surface area contributed by atoms with Crippen LogP contribution >= 0.6 is 15.9 Å². The largest absolute Gasteiger partial charge is 0.419 e. The maximum atomic E-state index is 11.6. The molecule has 2 rings (SSSR count). The van der Waals surface area contributed by atoms with Crippen molar-refractivity contribution in [1.82, 2.24) is 20.4 Å². The molecule has 0 spiro atoms. The van der Waals surface area contributed by atoms with Gasteiger partial charge in [-0.25, -0.2) is 0 Å². The number of hydrogen-bond donors (Lipinski definition) is 1. The zero-order chi connectivity index (χ0) is 15.9. The van der Waals surface area contributed by atoms with Crippen molar-refractivity contribution in [3.63, 3.8) is 0 Å². The molecule has 0 radical (unpaired) electrons. The third-order valence-corrected chi connectivity index (χ3v) is 3.81. The van der Waals surface area contributed by atoms with Gasteiger partial charge in [-0.05, 0) is 41.5 Å². The Bertz CT molecular complexity index is 630. The summed E-state index contributed by atoms with van der Waals surface area (Å²) < 4.78 is 6.60. The fourth-order valence-corrected chi connectivity index (χ4v) is 2.44. The third-order valence-electron chi connectivity index (χ3n) is 3.12. The predicted molar refractivity (Wildman–Crippen MR) is 87.1 cm³/mol. The van der Waals surface area contributed by atoms with Crippen LogP contribution in [0.25, 0.3) is 11.5 Å². The molecule has 0 aliphatic heterocycles. The quantitative estimate of drug-likeness (QED) is 0.814. The lowest BCUT2D eigenvalue weighted by atomic mass is 10.2. The van der Waals surface area contributed by atoms with E-state index in [4.69, 9.17) is 4.42 Å². The second-order valence-electron chi connectivity index (χ2n) is 4.74. The first-order valence-electron chi connectivity index (χ1n) is 7.20. The molecule has 0 aliphatic rings. The summed E-state index contributed by atoms with van der Waals surface area (Å²) in [6, 6.07) is 7.67. The van der Waals surface area contributed by atoms with Crippen molar-refractivity contribution in [3.8, 4) is 11.5 Å². The number of amides is 1. The van der Waals surface area contributed by atoms with Crippen molar-refractivity contribution in [2.45, 2.75) is 20.4 Å². The minimum absolute atomic E-state index is 0.00473. The Morgan fingerprint density at radius 2 is 2.09 bits per heavy atom. The molecule has 22 heavy (non-hydrogen) atoms. The first-order valence-corrected chi connectivity index (χ1v) is 7.99. The van der Waals surface area contributed by atoms with Gasteiger partial charge in [0, 0.05) is 11.0 Å². The Morgan fingerprint density at radius 3 is 2.77 bits per heavy atom. The van der Waals surface area contributed by atoms with Crippen molar-refractivity contribution < 1.29 is 9.21 Å². The molecule has 0 atom stereocenters. The summed E-state index contributed by atoms with van der Waals surface area (Å²) >= 11 is 3.47. The summed E-state index contributed by atoms with van der Waals surface area (Å²) in [6.07, 6.45) is 0. The lowest BCUT2D eigenvalue weighted by molar-refractivity contribution is -0.122. The molecule has 1 aromatic heterocycles. The number of rotatable bonds is 7. The molecular weight excluding hydrogens is 348 g/mol. The number of benzene rings is 1. The fourth-order valence-electron chi connectivity index (χ4n) is 1.99. The van der Waals surface area contributed by atoms with Gasteiger partial charge in [0.1, 0.15) is 0 Å². The van der Waals surface area contributed by atoms with E-state index in [2.05, 4.69) is 31.4 Å². The average molecular weight is 367 g/mol. The molecule has 118 valence electrons. The van der Waals surface area contributed by atoms with E-state index in [1.165, 1.54) is 0 Å². The molecule has 0 saturated heterocycles. The van der Waals surface area contributed by atoms with Gasteiger partial charge in [-0.2, -0.15) is 0 Å². The maximum absolute atomic E-state index is 11.6. The van der Waals surface area contributed by atoms with Crippen LogP contribution in [0.15, 0.2) is 33.2 Å². The van der Waals surface area contributed by atoms with Gasteiger partial charge >= 0.3 is 0 Å². The monoisotopic (exact) mass is 366 g/mol. The number of nitrogens with zero attached hydrogens (tertiary/aromatic N) is 3. The highest BCUT2D eigenvalue weighted by atomic mass is 79.9. The molecule has 1 aromatic carbocycles. The minimum Gasteiger partial charge on any atom is -0.419 e. The molecule has 0 saturated carbocycles. The van der Waals surface area contributed by atoms with Crippen LogP contribution in [0.4, 0.5) is 0 Å². The van der Waals surface area contributed by atoms with E-state index in [-0.39, 0.29) is 5.91 Å². The Labute approximate surface area is 138 Å². The van der Waals surface area contributed by atoms with Gasteiger partial charge in [-0.3, -0.25) is 9.69 Å². The van der Waals surface area contributed by atoms with Gasteiger partial charge in [-0.1, -0.05) is 19.1 Å². The van der Waals surface area contributed by atoms with E-state index >= 15 is 0 Å². The first kappa shape index (κ1) is 16.6. The molecule has 1 heterocycles. The van der Waals surface area contributed by atoms with Crippen LogP contribution in [-0.4, -0.2) is 40.6 Å². The molecule has 1 amide bonds. The van der Waals surface area contributed by atoms with Crippen LogP contribution in [0.2, 0.25) is 0 Å². The second kappa shape index (κ2) is 8.05. The van der Waals surface area contributed by atoms with E-state index in [1.807, 2.05) is 43.0 Å². The van der Waals surface area contributed by atoms with Crippen LogP contribution in [0.1, 0.15) is 19.7 Å². The minimum atomic E-state index is -0.00473. The van der Waals surface area contributed by atoms with Gasteiger partial charge in [0.25, 0.3) is 0 Å². The first-order chi connectivity index (χ1) is 10.6. The van der Waals surface area contributed by atoms with Gasteiger partial charge in [0.2, 0.25) is 17.7 Å². The van der Waals surface area contributed by atoms with E-state index < -0.39 is 0 Å². The molecule has 0 bridgehead atoms. The van der Waals surface area contributed by atoms with Gasteiger partial charge < -0.3 is 9.73 Å². The van der Waals surface area contributed by atoms with E-state index in [9.17, 15) is 4.79 Å². The average Bonchev–Trinajstić information content (AvgIpc) is 2.95. The Morgan fingerprint density at radius 1 is 1.32 bits per heavy atom. The van der Waals surface area contributed by atoms with E-state index in [0.717, 1.165) is 16.6 Å². The Kier molecular flexibility index (Phi) is 6.09. The van der Waals surface area contributed by atoms with E-state index in [0.29, 0.717) is 31.4 Å². The SMILES string of the molecule is CCNC(=O)CN(CC)Cc1nnc(-c2ccccc2Br)o1. The van der Waals surface area contributed by atoms with Crippen LogP contribution in [0.3, 0.4) is 0 Å². The molecule has 0 fully saturated rings. The fraction of sp³-hybridized carbons (Fsp3) is 0.400. The predicted octanol–water partition coefficient (Wildman–Crippen LogP) is 2.46. The molecular formula is C15H19BrN4O2. The molecule has 0 unspecified atom stereocenters. The standard InChI is InChI=1S/C15H19BrN4O2/c1-3-17-13(21)9-20(4-2)10-14-18-19-15(22-14)11-7-5-6-8-12(11)16/h5-8H,3-4,9-10H2,1-2H3,(H,17,21). The van der Waals surface area contributed by atoms with Gasteiger partial charge in [0.05, 0.1) is 18.7 Å². The van der Waals surface area contributed by atoms with Crippen molar-refractivity contribution >= 4 is 21.8 Å². The number of halogens is 1. The number of aromatic nitrogens is 2. The highest BCUT2D eigenvalue weighted by molar-refractivity contribution is 9.10. The van der Waals surface area contributed by atoms with Gasteiger partial charge in [-0.15, -0.1) is 10.2 Å². The summed E-state index contributed by atoms with van der Waals surface area (Å²) in [5.74, 6) is 0.961. The molecule has 0 aliphatic carbocycles. The van der Waals surface area contributed by atoms with Crippen LogP contribution in [0.5, 0.6) is 0 Å². The summed E-state index contributed by atoms with van der Waals surface area (Å²) in [5.41, 5.74) is 0.855. The van der Waals surface area contributed by atoms with Crippen molar-refractivity contribution in [2.24, 2.45) is 0 Å². The van der Waals surface area contributed by atoms with Crippen molar-refractivity contribution in [3.05, 3.63) is 34.6 Å². The Hall–Kier alpha value is -1.73. The number of carbonyl (C=O) groups is 1. The summed E-state index contributed by atoms with van der Waals surface area (Å²) in [7, 11) is 0. The normalized spacial score (nSPS) is 10.9. The number of hydrogen-bond acceptors (Lipinski definition) is 5. The van der Waals surface area contributed by atoms with Crippen LogP contribution in [-0.2, 0) is 11.3 Å². The van der Waals surface area contributed by atoms with Crippen molar-refractivity contribution in [1.29, 1.82) is 0 Å². The maximum Gasteiger partial charge on any atom is 0.248 e. The van der Waals surface area contributed by atoms with Crippen LogP contribution < -0.4 is 5.32 Å². The van der Waals surface area contributed by atoms with Gasteiger partial charge in [0.15, 0.2) is 0 Å². The topological polar surface area (TPSA) is 71.3 Å². The Balaban J connectivity index is 2.05.